The third-order valence-electron chi connectivity index (χ3n) is 3.48. The Bertz CT molecular complexity index is 596. The second-order valence-corrected chi connectivity index (χ2v) is 5.29. The molecule has 0 fully saturated rings. The van der Waals surface area contributed by atoms with Gasteiger partial charge in [0.05, 0.1) is 6.54 Å². The average Bonchev–Trinajstić information content (AvgIpc) is 3.04. The van der Waals surface area contributed by atoms with Gasteiger partial charge in [-0.3, -0.25) is 4.99 Å². The summed E-state index contributed by atoms with van der Waals surface area (Å²) in [5, 5.41) is 10.8. The summed E-state index contributed by atoms with van der Waals surface area (Å²) in [6.07, 6.45) is 4.34. The molecule has 1 aromatic heterocycles. The molecular weight excluding hydrogens is 403 g/mol. The molecule has 0 radical (unpaired) electrons. The maximum atomic E-state index is 4.25. The summed E-state index contributed by atoms with van der Waals surface area (Å²) in [4.78, 5) is 8.21. The number of rotatable bonds is 6. The van der Waals surface area contributed by atoms with Crippen LogP contribution in [0.3, 0.4) is 0 Å². The van der Waals surface area contributed by atoms with Crippen LogP contribution in [0.2, 0.25) is 0 Å². The minimum atomic E-state index is 0. The second kappa shape index (κ2) is 10.2. The highest BCUT2D eigenvalue weighted by molar-refractivity contribution is 14.0. The zero-order valence-corrected chi connectivity index (χ0v) is 16.2. The van der Waals surface area contributed by atoms with E-state index < -0.39 is 0 Å². The Kier molecular flexibility index (Phi) is 8.60. The lowest BCUT2D eigenvalue weighted by Crippen LogP contribution is -2.41. The first-order chi connectivity index (χ1) is 10.7. The van der Waals surface area contributed by atoms with E-state index in [1.165, 1.54) is 11.1 Å². The first kappa shape index (κ1) is 19.4. The third-order valence-corrected chi connectivity index (χ3v) is 3.48. The van der Waals surface area contributed by atoms with Gasteiger partial charge in [0.15, 0.2) is 5.96 Å². The van der Waals surface area contributed by atoms with E-state index >= 15 is 0 Å². The number of aromatic nitrogens is 3. The van der Waals surface area contributed by atoms with Crippen molar-refractivity contribution in [2.45, 2.75) is 39.4 Å². The highest BCUT2D eigenvalue weighted by atomic mass is 127. The van der Waals surface area contributed by atoms with Gasteiger partial charge in [-0.15, -0.1) is 24.0 Å². The number of benzene rings is 1. The predicted molar refractivity (Wildman–Crippen MR) is 104 cm³/mol. The highest BCUT2D eigenvalue weighted by Crippen LogP contribution is 2.06. The summed E-state index contributed by atoms with van der Waals surface area (Å²) in [6.45, 7) is 5.76. The van der Waals surface area contributed by atoms with E-state index in [0.717, 1.165) is 25.5 Å². The zero-order valence-electron chi connectivity index (χ0n) is 13.9. The summed E-state index contributed by atoms with van der Waals surface area (Å²) < 4.78 is 1.82. The molecule has 2 rings (SSSR count). The maximum Gasteiger partial charge on any atom is 0.191 e. The number of hydrogen-bond acceptors (Lipinski definition) is 3. The summed E-state index contributed by atoms with van der Waals surface area (Å²) in [5.41, 5.74) is 2.42. The van der Waals surface area contributed by atoms with Gasteiger partial charge < -0.3 is 10.6 Å². The van der Waals surface area contributed by atoms with Crippen molar-refractivity contribution in [3.05, 3.63) is 48.0 Å². The van der Waals surface area contributed by atoms with E-state index in [2.05, 4.69) is 63.8 Å². The first-order valence-corrected chi connectivity index (χ1v) is 7.58. The van der Waals surface area contributed by atoms with E-state index in [9.17, 15) is 0 Å². The van der Waals surface area contributed by atoms with Gasteiger partial charge >= 0.3 is 0 Å². The molecule has 0 bridgehead atoms. The fourth-order valence-corrected chi connectivity index (χ4v) is 2.06. The van der Waals surface area contributed by atoms with E-state index in [-0.39, 0.29) is 24.0 Å². The lowest BCUT2D eigenvalue weighted by Gasteiger charge is -2.16. The fraction of sp³-hybridized carbons (Fsp3) is 0.438. The van der Waals surface area contributed by atoms with Gasteiger partial charge in [0.1, 0.15) is 12.7 Å². The molecule has 0 aliphatic rings. The topological polar surface area (TPSA) is 67.1 Å². The Morgan fingerprint density at radius 3 is 2.78 bits per heavy atom. The van der Waals surface area contributed by atoms with Crippen LogP contribution >= 0.6 is 24.0 Å². The van der Waals surface area contributed by atoms with Crippen molar-refractivity contribution in [1.29, 1.82) is 0 Å². The Morgan fingerprint density at radius 1 is 1.35 bits per heavy atom. The summed E-state index contributed by atoms with van der Waals surface area (Å²) in [7, 11) is 1.79. The number of halogens is 1. The van der Waals surface area contributed by atoms with Gasteiger partial charge in [-0.1, -0.05) is 31.2 Å². The molecule has 1 unspecified atom stereocenters. The summed E-state index contributed by atoms with van der Waals surface area (Å²) in [6, 6.07) is 8.84. The van der Waals surface area contributed by atoms with Gasteiger partial charge in [0, 0.05) is 19.6 Å². The molecule has 0 saturated heterocycles. The fourth-order valence-electron chi connectivity index (χ4n) is 2.06. The first-order valence-electron chi connectivity index (χ1n) is 7.58. The number of aliphatic imine (C=N–C) groups is 1. The summed E-state index contributed by atoms with van der Waals surface area (Å²) >= 11 is 0. The molecule has 0 saturated carbocycles. The molecule has 0 aliphatic heterocycles. The Labute approximate surface area is 154 Å². The third kappa shape index (κ3) is 6.55. The Balaban J connectivity index is 0.00000264. The van der Waals surface area contributed by atoms with Crippen molar-refractivity contribution in [1.82, 2.24) is 25.4 Å². The monoisotopic (exact) mass is 428 g/mol. The van der Waals surface area contributed by atoms with Crippen LogP contribution in [0.25, 0.3) is 0 Å². The van der Waals surface area contributed by atoms with Crippen molar-refractivity contribution >= 4 is 29.9 Å². The lowest BCUT2D eigenvalue weighted by molar-refractivity contribution is 0.624. The lowest BCUT2D eigenvalue weighted by atomic mass is 10.1. The minimum absolute atomic E-state index is 0. The molecule has 0 amide bonds. The number of nitrogens with zero attached hydrogens (tertiary/aromatic N) is 4. The van der Waals surface area contributed by atoms with Crippen LogP contribution in [0, 0.1) is 0 Å². The number of hydrogen-bond donors (Lipinski definition) is 2. The van der Waals surface area contributed by atoms with Gasteiger partial charge in [-0.25, -0.2) is 9.67 Å². The molecule has 0 spiro atoms. The van der Waals surface area contributed by atoms with Crippen molar-refractivity contribution in [3.8, 4) is 0 Å². The number of guanidine groups is 1. The molecule has 126 valence electrons. The molecule has 2 N–H and O–H groups in total. The van der Waals surface area contributed by atoms with Crippen LogP contribution in [0.4, 0.5) is 0 Å². The van der Waals surface area contributed by atoms with Crippen LogP contribution in [-0.4, -0.2) is 33.8 Å². The summed E-state index contributed by atoms with van der Waals surface area (Å²) in [5.74, 6) is 0.830. The largest absolute Gasteiger partial charge is 0.354 e. The molecule has 1 heterocycles. The van der Waals surface area contributed by atoms with Crippen LogP contribution in [0.1, 0.15) is 31.4 Å². The van der Waals surface area contributed by atoms with Crippen LogP contribution in [-0.2, 0) is 13.1 Å². The van der Waals surface area contributed by atoms with Crippen molar-refractivity contribution in [3.63, 3.8) is 0 Å². The van der Waals surface area contributed by atoms with Crippen LogP contribution < -0.4 is 10.6 Å². The van der Waals surface area contributed by atoms with Crippen molar-refractivity contribution in [2.75, 3.05) is 7.05 Å². The van der Waals surface area contributed by atoms with Crippen LogP contribution in [0.5, 0.6) is 0 Å². The predicted octanol–water partition coefficient (Wildman–Crippen LogP) is 2.41. The molecule has 2 aromatic rings. The van der Waals surface area contributed by atoms with Gasteiger partial charge in [-0.2, -0.15) is 5.10 Å². The van der Waals surface area contributed by atoms with Crippen molar-refractivity contribution < 1.29 is 0 Å². The van der Waals surface area contributed by atoms with Gasteiger partial charge in [0.2, 0.25) is 0 Å². The molecule has 23 heavy (non-hydrogen) atoms. The standard InChI is InChI=1S/C16H24N6.HI/c1-4-13(2)21-16(17-3)19-9-14-6-5-7-15(8-14)10-22-12-18-11-20-22;/h5-8,11-13H,4,9-10H2,1-3H3,(H2,17,19,21);1H. The Morgan fingerprint density at radius 2 is 2.13 bits per heavy atom. The maximum absolute atomic E-state index is 4.25. The smallest absolute Gasteiger partial charge is 0.191 e. The average molecular weight is 428 g/mol. The molecular formula is C16H25IN6. The van der Waals surface area contributed by atoms with Gasteiger partial charge in [-0.05, 0) is 24.5 Å². The molecule has 0 aliphatic carbocycles. The quantitative estimate of drug-likeness (QED) is 0.422. The Hall–Kier alpha value is -1.64. The van der Waals surface area contributed by atoms with Gasteiger partial charge in [0.25, 0.3) is 0 Å². The highest BCUT2D eigenvalue weighted by Gasteiger charge is 2.03. The van der Waals surface area contributed by atoms with Crippen LogP contribution in [0.15, 0.2) is 41.9 Å². The molecule has 6 nitrogen and oxygen atoms in total. The van der Waals surface area contributed by atoms with E-state index in [4.69, 9.17) is 0 Å². The second-order valence-electron chi connectivity index (χ2n) is 5.29. The van der Waals surface area contributed by atoms with E-state index in [0.29, 0.717) is 6.04 Å². The number of nitrogens with one attached hydrogen (secondary N) is 2. The normalized spacial score (nSPS) is 12.4. The molecule has 7 heteroatoms. The van der Waals surface area contributed by atoms with Crippen molar-refractivity contribution in [2.24, 2.45) is 4.99 Å². The zero-order chi connectivity index (χ0) is 15.8. The van der Waals surface area contributed by atoms with E-state index in [1.807, 2.05) is 4.68 Å². The minimum Gasteiger partial charge on any atom is -0.354 e. The SMILES string of the molecule is CCC(C)NC(=NC)NCc1cccc(Cn2cncn2)c1.I. The van der Waals surface area contributed by atoms with E-state index in [1.54, 1.807) is 19.7 Å². The molecule has 1 aromatic carbocycles. The molecule has 1 atom stereocenters.